The predicted octanol–water partition coefficient (Wildman–Crippen LogP) is 0.751. The van der Waals surface area contributed by atoms with Crippen LogP contribution in [0.25, 0.3) is 0 Å². The third kappa shape index (κ3) is 3.61. The minimum atomic E-state index is -3.11. The fourth-order valence-corrected chi connectivity index (χ4v) is 4.56. The summed E-state index contributed by atoms with van der Waals surface area (Å²) in [5.41, 5.74) is 0. The van der Waals surface area contributed by atoms with Crippen molar-refractivity contribution in [2.75, 3.05) is 31.9 Å². The number of hydrogen-bond donors (Lipinski definition) is 1. The monoisotopic (exact) mass is 266 g/mol. The minimum absolute atomic E-state index is 0.331. The van der Waals surface area contributed by atoms with Crippen LogP contribution >= 0.6 is 11.8 Å². The maximum Gasteiger partial charge on any atom is 0.218 e. The van der Waals surface area contributed by atoms with E-state index in [0.29, 0.717) is 24.9 Å². The number of sulfonamides is 1. The number of nitrogens with one attached hydrogen (secondary N) is 1. The Labute approximate surface area is 103 Å². The Balaban J connectivity index is 2.61. The average molecular weight is 266 g/mol. The van der Waals surface area contributed by atoms with Crippen molar-refractivity contribution in [2.24, 2.45) is 0 Å². The highest BCUT2D eigenvalue weighted by Crippen LogP contribution is 2.21. The maximum absolute atomic E-state index is 12.2. The number of hydrogen-bond acceptors (Lipinski definition) is 4. The van der Waals surface area contributed by atoms with Gasteiger partial charge in [0, 0.05) is 30.6 Å². The number of rotatable bonds is 5. The summed E-state index contributed by atoms with van der Waals surface area (Å²) in [6, 6.07) is 0. The fourth-order valence-electron chi connectivity index (χ4n) is 1.72. The summed E-state index contributed by atoms with van der Waals surface area (Å²) < 4.78 is 26.1. The molecule has 1 saturated heterocycles. The predicted molar refractivity (Wildman–Crippen MR) is 70.4 cm³/mol. The van der Waals surface area contributed by atoms with Gasteiger partial charge in [-0.3, -0.25) is 0 Å². The molecule has 1 heterocycles. The molecule has 0 saturated carbocycles. The first kappa shape index (κ1) is 14.3. The molecule has 0 radical (unpaired) electrons. The Morgan fingerprint density at radius 3 is 2.81 bits per heavy atom. The molecule has 4 nitrogen and oxygen atoms in total. The molecule has 2 atom stereocenters. The van der Waals surface area contributed by atoms with Gasteiger partial charge >= 0.3 is 0 Å². The lowest BCUT2D eigenvalue weighted by Gasteiger charge is -2.31. The van der Waals surface area contributed by atoms with Gasteiger partial charge in [-0.1, -0.05) is 13.8 Å². The minimum Gasteiger partial charge on any atom is -0.316 e. The van der Waals surface area contributed by atoms with E-state index >= 15 is 0 Å². The first-order valence-corrected chi connectivity index (χ1v) is 8.35. The van der Waals surface area contributed by atoms with Gasteiger partial charge in [-0.05, 0) is 13.5 Å². The van der Waals surface area contributed by atoms with Crippen molar-refractivity contribution < 1.29 is 8.42 Å². The first-order chi connectivity index (χ1) is 7.48. The van der Waals surface area contributed by atoms with Gasteiger partial charge in [0.1, 0.15) is 0 Å². The SMILES string of the molecule is CCNCC(C)S(=O)(=O)N1CCSC(C)C1. The second-order valence-corrected chi connectivity index (χ2v) is 8.10. The van der Waals surface area contributed by atoms with E-state index in [4.69, 9.17) is 0 Å². The third-order valence-corrected chi connectivity index (χ3v) is 6.13. The van der Waals surface area contributed by atoms with Crippen LogP contribution in [0.1, 0.15) is 20.8 Å². The summed E-state index contributed by atoms with van der Waals surface area (Å²) in [6.07, 6.45) is 0. The Bertz CT molecular complexity index is 306. The molecular formula is C10H22N2O2S2. The zero-order chi connectivity index (χ0) is 12.2. The second-order valence-electron chi connectivity index (χ2n) is 4.20. The Morgan fingerprint density at radius 2 is 2.25 bits per heavy atom. The molecule has 1 rings (SSSR count). The summed E-state index contributed by atoms with van der Waals surface area (Å²) in [7, 11) is -3.11. The summed E-state index contributed by atoms with van der Waals surface area (Å²) in [6.45, 7) is 8.52. The van der Waals surface area contributed by atoms with E-state index in [1.165, 1.54) is 0 Å². The molecule has 0 aliphatic carbocycles. The van der Waals surface area contributed by atoms with Crippen LogP contribution in [-0.4, -0.2) is 55.2 Å². The number of thioether (sulfide) groups is 1. The normalized spacial score (nSPS) is 25.6. The van der Waals surface area contributed by atoms with Crippen LogP contribution in [0.15, 0.2) is 0 Å². The Hall–Kier alpha value is 0.220. The lowest BCUT2D eigenvalue weighted by molar-refractivity contribution is 0.415. The van der Waals surface area contributed by atoms with Gasteiger partial charge in [0.2, 0.25) is 10.0 Å². The van der Waals surface area contributed by atoms with Gasteiger partial charge in [-0.15, -0.1) is 0 Å². The second kappa shape index (κ2) is 6.23. The van der Waals surface area contributed by atoms with E-state index in [1.807, 2.05) is 18.7 Å². The lowest BCUT2D eigenvalue weighted by atomic mass is 10.4. The molecule has 1 aliphatic rings. The fraction of sp³-hybridized carbons (Fsp3) is 1.00. The molecule has 0 spiro atoms. The van der Waals surface area contributed by atoms with Crippen LogP contribution in [0.3, 0.4) is 0 Å². The van der Waals surface area contributed by atoms with Crippen LogP contribution in [0, 0.1) is 0 Å². The molecule has 2 unspecified atom stereocenters. The van der Waals surface area contributed by atoms with Crippen molar-refractivity contribution in [2.45, 2.75) is 31.3 Å². The molecular weight excluding hydrogens is 244 g/mol. The molecule has 1 aliphatic heterocycles. The largest absolute Gasteiger partial charge is 0.316 e. The summed E-state index contributed by atoms with van der Waals surface area (Å²) in [5, 5.41) is 3.17. The molecule has 6 heteroatoms. The Morgan fingerprint density at radius 1 is 1.56 bits per heavy atom. The van der Waals surface area contributed by atoms with Crippen LogP contribution in [0.4, 0.5) is 0 Å². The molecule has 1 fully saturated rings. The van der Waals surface area contributed by atoms with Crippen LogP contribution in [-0.2, 0) is 10.0 Å². The lowest BCUT2D eigenvalue weighted by Crippen LogP contribution is -2.47. The van der Waals surface area contributed by atoms with E-state index in [9.17, 15) is 8.42 Å². The van der Waals surface area contributed by atoms with Crippen LogP contribution in [0.5, 0.6) is 0 Å². The zero-order valence-corrected chi connectivity index (χ0v) is 11.9. The first-order valence-electron chi connectivity index (χ1n) is 5.79. The third-order valence-electron chi connectivity index (χ3n) is 2.75. The van der Waals surface area contributed by atoms with Gasteiger partial charge in [-0.2, -0.15) is 16.1 Å². The molecule has 0 aromatic heterocycles. The molecule has 96 valence electrons. The van der Waals surface area contributed by atoms with E-state index in [0.717, 1.165) is 12.3 Å². The summed E-state index contributed by atoms with van der Waals surface area (Å²) >= 11 is 1.85. The van der Waals surface area contributed by atoms with Crippen molar-refractivity contribution in [3.8, 4) is 0 Å². The quantitative estimate of drug-likeness (QED) is 0.798. The van der Waals surface area contributed by atoms with E-state index in [-0.39, 0.29) is 5.25 Å². The molecule has 0 amide bonds. The molecule has 0 aromatic rings. The van der Waals surface area contributed by atoms with Crippen molar-refractivity contribution in [3.05, 3.63) is 0 Å². The highest BCUT2D eigenvalue weighted by atomic mass is 32.2. The van der Waals surface area contributed by atoms with Gasteiger partial charge < -0.3 is 5.32 Å². The topological polar surface area (TPSA) is 49.4 Å². The molecule has 0 bridgehead atoms. The van der Waals surface area contributed by atoms with E-state index < -0.39 is 10.0 Å². The van der Waals surface area contributed by atoms with E-state index in [2.05, 4.69) is 12.2 Å². The van der Waals surface area contributed by atoms with Gasteiger partial charge in [0.25, 0.3) is 0 Å². The number of nitrogens with zero attached hydrogens (tertiary/aromatic N) is 1. The van der Waals surface area contributed by atoms with Crippen molar-refractivity contribution in [1.29, 1.82) is 0 Å². The van der Waals surface area contributed by atoms with E-state index in [1.54, 1.807) is 11.2 Å². The van der Waals surface area contributed by atoms with Gasteiger partial charge in [0.05, 0.1) is 5.25 Å². The van der Waals surface area contributed by atoms with Crippen molar-refractivity contribution >= 4 is 21.8 Å². The van der Waals surface area contributed by atoms with Crippen molar-refractivity contribution in [1.82, 2.24) is 9.62 Å². The van der Waals surface area contributed by atoms with Crippen LogP contribution in [0.2, 0.25) is 0 Å². The standard InChI is InChI=1S/C10H22N2O2S2/c1-4-11-7-10(3)16(13,14)12-5-6-15-9(2)8-12/h9-11H,4-8H2,1-3H3. The smallest absolute Gasteiger partial charge is 0.218 e. The van der Waals surface area contributed by atoms with Crippen LogP contribution < -0.4 is 5.32 Å². The zero-order valence-electron chi connectivity index (χ0n) is 10.3. The summed E-state index contributed by atoms with van der Waals surface area (Å²) in [5.74, 6) is 0.911. The van der Waals surface area contributed by atoms with Gasteiger partial charge in [-0.25, -0.2) is 8.42 Å². The molecule has 1 N–H and O–H groups in total. The van der Waals surface area contributed by atoms with Crippen molar-refractivity contribution in [3.63, 3.8) is 0 Å². The average Bonchev–Trinajstić information content (AvgIpc) is 2.25. The highest BCUT2D eigenvalue weighted by molar-refractivity contribution is 8.00. The maximum atomic E-state index is 12.2. The highest BCUT2D eigenvalue weighted by Gasteiger charge is 2.31. The van der Waals surface area contributed by atoms with Gasteiger partial charge in [0.15, 0.2) is 0 Å². The molecule has 0 aromatic carbocycles. The summed E-state index contributed by atoms with van der Waals surface area (Å²) in [4.78, 5) is 0. The molecule has 16 heavy (non-hydrogen) atoms. The Kier molecular flexibility index (Phi) is 5.56.